The fourth-order valence-corrected chi connectivity index (χ4v) is 4.89. The molecule has 1 fully saturated rings. The molecule has 0 aliphatic carbocycles. The van der Waals surface area contributed by atoms with Gasteiger partial charge in [-0.05, 0) is 42.5 Å². The molecule has 0 radical (unpaired) electrons. The first-order chi connectivity index (χ1) is 17.7. The van der Waals surface area contributed by atoms with E-state index in [2.05, 4.69) is 5.16 Å². The van der Waals surface area contributed by atoms with Crippen molar-refractivity contribution >= 4 is 23.4 Å². The van der Waals surface area contributed by atoms with Crippen LogP contribution in [0.15, 0.2) is 65.2 Å². The van der Waals surface area contributed by atoms with E-state index in [4.69, 9.17) is 20.9 Å². The molecule has 1 aliphatic rings. The van der Waals surface area contributed by atoms with Gasteiger partial charge in [-0.1, -0.05) is 67.0 Å². The number of aromatic nitrogens is 1. The van der Waals surface area contributed by atoms with Crippen molar-refractivity contribution in [2.45, 2.75) is 45.6 Å². The predicted octanol–water partition coefficient (Wildman–Crippen LogP) is 5.80. The minimum absolute atomic E-state index is 0.00889. The lowest BCUT2D eigenvalue weighted by molar-refractivity contribution is -0.134. The van der Waals surface area contributed by atoms with Crippen LogP contribution in [0, 0.1) is 5.41 Å². The molecule has 2 amide bonds. The lowest BCUT2D eigenvalue weighted by Crippen LogP contribution is -2.50. The zero-order chi connectivity index (χ0) is 26.4. The average Bonchev–Trinajstić information content (AvgIpc) is 3.39. The second-order valence-corrected chi connectivity index (χ2v) is 10.7. The number of ether oxygens (including phenoxy) is 1. The van der Waals surface area contributed by atoms with E-state index in [1.165, 1.54) is 0 Å². The van der Waals surface area contributed by atoms with E-state index in [1.807, 2.05) is 63.4 Å². The third-order valence-corrected chi connectivity index (χ3v) is 7.07. The first kappa shape index (κ1) is 26.7. The maximum absolute atomic E-state index is 13.4. The fraction of sp³-hybridized carbons (Fsp3) is 0.414. The molecule has 196 valence electrons. The largest absolute Gasteiger partial charge is 0.493 e. The van der Waals surface area contributed by atoms with Gasteiger partial charge in [0.15, 0.2) is 0 Å². The first-order valence-electron chi connectivity index (χ1n) is 12.7. The van der Waals surface area contributed by atoms with Crippen molar-refractivity contribution in [1.82, 2.24) is 15.0 Å². The maximum atomic E-state index is 13.4. The number of carbonyl (C=O) groups is 2. The first-order valence-corrected chi connectivity index (χ1v) is 13.0. The van der Waals surface area contributed by atoms with Gasteiger partial charge in [-0.15, -0.1) is 0 Å². The molecule has 1 unspecified atom stereocenters. The van der Waals surface area contributed by atoms with Crippen molar-refractivity contribution in [2.75, 3.05) is 26.7 Å². The van der Waals surface area contributed by atoms with Crippen LogP contribution in [0.1, 0.15) is 60.8 Å². The summed E-state index contributed by atoms with van der Waals surface area (Å²) in [7, 11) is 1.81. The molecular formula is C29H34ClN3O4. The number of likely N-dealkylation sites (tertiary alicyclic amines) is 1. The Bertz CT molecular complexity index is 1210. The van der Waals surface area contributed by atoms with E-state index >= 15 is 0 Å². The van der Waals surface area contributed by atoms with Crippen LogP contribution >= 0.6 is 11.6 Å². The van der Waals surface area contributed by atoms with Gasteiger partial charge in [0.1, 0.15) is 5.75 Å². The van der Waals surface area contributed by atoms with Crippen LogP contribution in [-0.4, -0.2) is 53.5 Å². The number of piperidine rings is 1. The molecule has 37 heavy (non-hydrogen) atoms. The van der Waals surface area contributed by atoms with Crippen molar-refractivity contribution in [2.24, 2.45) is 5.41 Å². The normalized spacial score (nSPS) is 17.6. The van der Waals surface area contributed by atoms with Gasteiger partial charge in [0, 0.05) is 49.6 Å². The molecule has 0 bridgehead atoms. The van der Waals surface area contributed by atoms with E-state index in [1.54, 1.807) is 28.0 Å². The molecule has 2 heterocycles. The number of halogens is 1. The lowest BCUT2D eigenvalue weighted by atomic mass is 9.77. The molecular weight excluding hydrogens is 490 g/mol. The van der Waals surface area contributed by atoms with Gasteiger partial charge in [0.05, 0.1) is 12.3 Å². The summed E-state index contributed by atoms with van der Waals surface area (Å²) in [6.07, 6.45) is 1.77. The van der Waals surface area contributed by atoms with Crippen molar-refractivity contribution in [3.63, 3.8) is 0 Å². The maximum Gasteiger partial charge on any atom is 0.292 e. The van der Waals surface area contributed by atoms with Crippen molar-refractivity contribution in [3.8, 4) is 5.75 Å². The van der Waals surface area contributed by atoms with E-state index in [-0.39, 0.29) is 36.5 Å². The fourth-order valence-electron chi connectivity index (χ4n) is 4.71. The number of hydrogen-bond donors (Lipinski definition) is 0. The van der Waals surface area contributed by atoms with Gasteiger partial charge >= 0.3 is 0 Å². The summed E-state index contributed by atoms with van der Waals surface area (Å²) in [5, 5.41) is 4.62. The molecule has 0 spiro atoms. The molecule has 1 aromatic heterocycles. The van der Waals surface area contributed by atoms with Gasteiger partial charge in [-0.25, -0.2) is 0 Å². The van der Waals surface area contributed by atoms with Crippen LogP contribution in [-0.2, 0) is 11.3 Å². The number of hydrogen-bond acceptors (Lipinski definition) is 5. The second kappa shape index (κ2) is 11.8. The van der Waals surface area contributed by atoms with Crippen LogP contribution in [0.5, 0.6) is 5.75 Å². The summed E-state index contributed by atoms with van der Waals surface area (Å²) in [6, 6.07) is 18.8. The molecule has 2 aromatic carbocycles. The van der Waals surface area contributed by atoms with Gasteiger partial charge in [-0.3, -0.25) is 9.59 Å². The summed E-state index contributed by atoms with van der Waals surface area (Å²) in [5.74, 6) is 0.820. The molecule has 0 N–H and O–H groups in total. The number of nitrogens with zero attached hydrogens (tertiary/aromatic N) is 3. The standard InChI is InChI=1S/C29H34ClN3O4/c1-21(2)25-16-26(37-31-25)28(35)33-14-8-13-29(19-33,20-36-24-12-7-11-23(30)15-24)17-27(34)32(3)18-22-9-5-4-6-10-22/h4-7,9-12,15-16,21H,8,13-14,17-20H2,1-3H3. The van der Waals surface area contributed by atoms with Crippen molar-refractivity contribution < 1.29 is 18.8 Å². The highest BCUT2D eigenvalue weighted by Crippen LogP contribution is 2.36. The van der Waals surface area contributed by atoms with Crippen LogP contribution in [0.2, 0.25) is 5.02 Å². The van der Waals surface area contributed by atoms with Crippen LogP contribution in [0.25, 0.3) is 0 Å². The smallest absolute Gasteiger partial charge is 0.292 e. The van der Waals surface area contributed by atoms with E-state index < -0.39 is 5.41 Å². The number of carbonyl (C=O) groups excluding carboxylic acids is 2. The highest BCUT2D eigenvalue weighted by Gasteiger charge is 2.41. The zero-order valence-corrected chi connectivity index (χ0v) is 22.4. The van der Waals surface area contributed by atoms with Gasteiger partial charge in [-0.2, -0.15) is 0 Å². The minimum atomic E-state index is -0.556. The van der Waals surface area contributed by atoms with Crippen molar-refractivity contribution in [3.05, 3.63) is 82.7 Å². The lowest BCUT2D eigenvalue weighted by Gasteiger charge is -2.42. The molecule has 8 heteroatoms. The Labute approximate surface area is 223 Å². The Hall–Kier alpha value is -3.32. The minimum Gasteiger partial charge on any atom is -0.493 e. The molecule has 1 atom stereocenters. The number of rotatable bonds is 9. The Morgan fingerprint density at radius 2 is 1.95 bits per heavy atom. The highest BCUT2D eigenvalue weighted by atomic mass is 35.5. The van der Waals surface area contributed by atoms with Crippen molar-refractivity contribution in [1.29, 1.82) is 0 Å². The quantitative estimate of drug-likeness (QED) is 0.354. The summed E-state index contributed by atoms with van der Waals surface area (Å²) in [4.78, 5) is 30.3. The summed E-state index contributed by atoms with van der Waals surface area (Å²) in [5.41, 5.74) is 1.25. The summed E-state index contributed by atoms with van der Waals surface area (Å²) >= 11 is 6.15. The van der Waals surface area contributed by atoms with Gasteiger partial charge in [0.25, 0.3) is 5.91 Å². The molecule has 1 saturated heterocycles. The van der Waals surface area contributed by atoms with E-state index in [0.29, 0.717) is 30.4 Å². The van der Waals surface area contributed by atoms with Crippen LogP contribution < -0.4 is 4.74 Å². The van der Waals surface area contributed by atoms with E-state index in [0.717, 1.165) is 24.1 Å². The van der Waals surface area contributed by atoms with Gasteiger partial charge < -0.3 is 19.1 Å². The topological polar surface area (TPSA) is 75.9 Å². The van der Waals surface area contributed by atoms with Crippen LogP contribution in [0.3, 0.4) is 0 Å². The molecule has 3 aromatic rings. The molecule has 7 nitrogen and oxygen atoms in total. The van der Waals surface area contributed by atoms with Crippen LogP contribution in [0.4, 0.5) is 0 Å². The van der Waals surface area contributed by atoms with E-state index in [9.17, 15) is 9.59 Å². The Morgan fingerprint density at radius 3 is 2.65 bits per heavy atom. The summed E-state index contributed by atoms with van der Waals surface area (Å²) < 4.78 is 11.5. The predicted molar refractivity (Wildman–Crippen MR) is 143 cm³/mol. The molecule has 0 saturated carbocycles. The number of amides is 2. The highest BCUT2D eigenvalue weighted by molar-refractivity contribution is 6.30. The summed E-state index contributed by atoms with van der Waals surface area (Å²) in [6.45, 7) is 5.78. The number of benzene rings is 2. The Morgan fingerprint density at radius 1 is 1.16 bits per heavy atom. The van der Waals surface area contributed by atoms with Gasteiger partial charge in [0.2, 0.25) is 11.7 Å². The Balaban J connectivity index is 1.52. The third-order valence-electron chi connectivity index (χ3n) is 6.83. The average molecular weight is 524 g/mol. The molecule has 1 aliphatic heterocycles. The monoisotopic (exact) mass is 523 g/mol. The Kier molecular flexibility index (Phi) is 8.54. The second-order valence-electron chi connectivity index (χ2n) is 10.3. The SMILES string of the molecule is CC(C)c1cc(C(=O)N2CCCC(COc3cccc(Cl)c3)(CC(=O)N(C)Cc3ccccc3)C2)on1. The zero-order valence-electron chi connectivity index (χ0n) is 21.7. The molecule has 4 rings (SSSR count). The third kappa shape index (κ3) is 6.92.